The van der Waals surface area contributed by atoms with Gasteiger partial charge in [0.2, 0.25) is 5.91 Å². The maximum Gasteiger partial charge on any atom is 0.222 e. The number of ether oxygens (including phenoxy) is 1. The van der Waals surface area contributed by atoms with Gasteiger partial charge in [-0.3, -0.25) is 4.79 Å². The Morgan fingerprint density at radius 2 is 2.14 bits per heavy atom. The van der Waals surface area contributed by atoms with Gasteiger partial charge in [-0.15, -0.1) is 0 Å². The predicted molar refractivity (Wildman–Crippen MR) is 85.3 cm³/mol. The van der Waals surface area contributed by atoms with Crippen LogP contribution in [0.5, 0.6) is 0 Å². The van der Waals surface area contributed by atoms with E-state index in [0.29, 0.717) is 30.4 Å². The first-order valence-corrected chi connectivity index (χ1v) is 8.78. The van der Waals surface area contributed by atoms with Crippen LogP contribution in [0, 0.1) is 5.92 Å². The molecule has 2 rings (SSSR count). The number of nitrogens with one attached hydrogen (secondary N) is 1. The summed E-state index contributed by atoms with van der Waals surface area (Å²) in [5.74, 6) is 0.931. The van der Waals surface area contributed by atoms with Gasteiger partial charge in [0, 0.05) is 25.6 Å². The summed E-state index contributed by atoms with van der Waals surface area (Å²) in [7, 11) is 0. The summed E-state index contributed by atoms with van der Waals surface area (Å²) in [4.78, 5) is 14.6. The molecule has 122 valence electrons. The lowest BCUT2D eigenvalue weighted by Crippen LogP contribution is -2.44. The standard InChI is InChI=1S/C17H32N2O2/c1-14(2)19(13-15-6-5-10-18-12-15)17(20)9-8-16-7-3-4-11-21-16/h14-16,18H,3-13H2,1-2H3. The van der Waals surface area contributed by atoms with Crippen molar-refractivity contribution in [1.29, 1.82) is 0 Å². The van der Waals surface area contributed by atoms with Gasteiger partial charge in [0.1, 0.15) is 0 Å². The highest BCUT2D eigenvalue weighted by Gasteiger charge is 2.24. The van der Waals surface area contributed by atoms with E-state index in [9.17, 15) is 4.79 Å². The van der Waals surface area contributed by atoms with Crippen molar-refractivity contribution < 1.29 is 9.53 Å². The van der Waals surface area contributed by atoms with Gasteiger partial charge in [0.05, 0.1) is 6.10 Å². The van der Waals surface area contributed by atoms with E-state index in [-0.39, 0.29) is 0 Å². The largest absolute Gasteiger partial charge is 0.378 e. The molecule has 0 aromatic heterocycles. The molecule has 2 atom stereocenters. The lowest BCUT2D eigenvalue weighted by molar-refractivity contribution is -0.134. The fraction of sp³-hybridized carbons (Fsp3) is 0.941. The zero-order chi connectivity index (χ0) is 15.1. The number of hydrogen-bond acceptors (Lipinski definition) is 3. The van der Waals surface area contributed by atoms with Gasteiger partial charge in [0.15, 0.2) is 0 Å². The van der Waals surface area contributed by atoms with E-state index < -0.39 is 0 Å². The zero-order valence-electron chi connectivity index (χ0n) is 13.8. The molecule has 0 saturated carbocycles. The van der Waals surface area contributed by atoms with Crippen LogP contribution in [0.3, 0.4) is 0 Å². The van der Waals surface area contributed by atoms with E-state index in [1.807, 2.05) is 0 Å². The Balaban J connectivity index is 1.77. The summed E-state index contributed by atoms with van der Waals surface area (Å²) in [6, 6.07) is 0.298. The Kier molecular flexibility index (Phi) is 6.97. The second-order valence-electron chi connectivity index (χ2n) is 6.88. The minimum Gasteiger partial charge on any atom is -0.378 e. The average Bonchev–Trinajstić information content (AvgIpc) is 2.52. The molecule has 2 unspecified atom stereocenters. The second-order valence-corrected chi connectivity index (χ2v) is 6.88. The van der Waals surface area contributed by atoms with E-state index in [4.69, 9.17) is 4.74 Å². The van der Waals surface area contributed by atoms with Gasteiger partial charge in [-0.25, -0.2) is 0 Å². The molecule has 0 aromatic rings. The monoisotopic (exact) mass is 296 g/mol. The van der Waals surface area contributed by atoms with Crippen molar-refractivity contribution in [3.63, 3.8) is 0 Å². The van der Waals surface area contributed by atoms with Crippen molar-refractivity contribution in [2.45, 2.75) is 70.9 Å². The molecule has 0 aromatic carbocycles. The number of hydrogen-bond donors (Lipinski definition) is 1. The first kappa shape index (κ1) is 16.8. The molecule has 0 aliphatic carbocycles. The summed E-state index contributed by atoms with van der Waals surface area (Å²) in [6.45, 7) is 8.24. The van der Waals surface area contributed by atoms with Crippen LogP contribution in [0.15, 0.2) is 0 Å². The minimum absolute atomic E-state index is 0.298. The van der Waals surface area contributed by atoms with E-state index >= 15 is 0 Å². The highest BCUT2D eigenvalue weighted by Crippen LogP contribution is 2.19. The third-order valence-corrected chi connectivity index (χ3v) is 4.75. The molecule has 2 fully saturated rings. The van der Waals surface area contributed by atoms with E-state index in [0.717, 1.165) is 39.1 Å². The lowest BCUT2D eigenvalue weighted by Gasteiger charge is -2.33. The molecular weight excluding hydrogens is 264 g/mol. The van der Waals surface area contributed by atoms with E-state index in [1.165, 1.54) is 25.7 Å². The third-order valence-electron chi connectivity index (χ3n) is 4.75. The van der Waals surface area contributed by atoms with Gasteiger partial charge >= 0.3 is 0 Å². The van der Waals surface area contributed by atoms with Crippen molar-refractivity contribution >= 4 is 5.91 Å². The summed E-state index contributed by atoms with van der Waals surface area (Å²) < 4.78 is 5.74. The van der Waals surface area contributed by atoms with Crippen molar-refractivity contribution in [3.8, 4) is 0 Å². The zero-order valence-corrected chi connectivity index (χ0v) is 13.8. The van der Waals surface area contributed by atoms with Gasteiger partial charge in [0.25, 0.3) is 0 Å². The Labute approximate surface area is 129 Å². The molecule has 2 aliphatic heterocycles. The first-order valence-electron chi connectivity index (χ1n) is 8.78. The highest BCUT2D eigenvalue weighted by molar-refractivity contribution is 5.76. The molecular formula is C17H32N2O2. The van der Waals surface area contributed by atoms with E-state index in [2.05, 4.69) is 24.1 Å². The molecule has 0 spiro atoms. The summed E-state index contributed by atoms with van der Waals surface area (Å²) in [6.07, 6.45) is 7.89. The number of piperidine rings is 1. The van der Waals surface area contributed by atoms with Crippen molar-refractivity contribution in [3.05, 3.63) is 0 Å². The third kappa shape index (κ3) is 5.59. The van der Waals surface area contributed by atoms with E-state index in [1.54, 1.807) is 0 Å². The fourth-order valence-corrected chi connectivity index (χ4v) is 3.42. The molecule has 4 nitrogen and oxygen atoms in total. The number of carbonyl (C=O) groups is 1. The molecule has 1 amide bonds. The normalized spacial score (nSPS) is 26.8. The van der Waals surface area contributed by atoms with Crippen LogP contribution >= 0.6 is 0 Å². The summed E-state index contributed by atoms with van der Waals surface area (Å²) in [5.41, 5.74) is 0. The predicted octanol–water partition coefficient (Wildman–Crippen LogP) is 2.57. The van der Waals surface area contributed by atoms with Crippen LogP contribution in [0.4, 0.5) is 0 Å². The van der Waals surface area contributed by atoms with Crippen molar-refractivity contribution in [2.75, 3.05) is 26.2 Å². The van der Waals surface area contributed by atoms with Gasteiger partial charge in [-0.1, -0.05) is 0 Å². The van der Waals surface area contributed by atoms with Crippen molar-refractivity contribution in [1.82, 2.24) is 10.2 Å². The number of nitrogens with zero attached hydrogens (tertiary/aromatic N) is 1. The van der Waals surface area contributed by atoms with Crippen LogP contribution in [0.1, 0.15) is 58.8 Å². The maximum atomic E-state index is 12.6. The Bertz CT molecular complexity index is 308. The second kappa shape index (κ2) is 8.74. The maximum absolute atomic E-state index is 12.6. The summed E-state index contributed by atoms with van der Waals surface area (Å²) >= 11 is 0. The van der Waals surface area contributed by atoms with Crippen LogP contribution < -0.4 is 5.32 Å². The number of carbonyl (C=O) groups excluding carboxylic acids is 1. The van der Waals surface area contributed by atoms with Gasteiger partial charge < -0.3 is 15.0 Å². The van der Waals surface area contributed by atoms with Gasteiger partial charge in [-0.2, -0.15) is 0 Å². The van der Waals surface area contributed by atoms with Crippen molar-refractivity contribution in [2.24, 2.45) is 5.92 Å². The SMILES string of the molecule is CC(C)N(CC1CCCNC1)C(=O)CCC1CCCCO1. The topological polar surface area (TPSA) is 41.6 Å². The van der Waals surface area contributed by atoms with Crippen LogP contribution in [-0.4, -0.2) is 49.2 Å². The van der Waals surface area contributed by atoms with Crippen LogP contribution in [0.2, 0.25) is 0 Å². The lowest BCUT2D eigenvalue weighted by atomic mass is 9.98. The molecule has 4 heteroatoms. The summed E-state index contributed by atoms with van der Waals surface area (Å²) in [5, 5.41) is 3.44. The average molecular weight is 296 g/mol. The smallest absolute Gasteiger partial charge is 0.222 e. The van der Waals surface area contributed by atoms with Crippen LogP contribution in [-0.2, 0) is 9.53 Å². The Morgan fingerprint density at radius 3 is 2.76 bits per heavy atom. The fourth-order valence-electron chi connectivity index (χ4n) is 3.42. The number of rotatable bonds is 6. The molecule has 2 aliphatic rings. The number of amides is 1. The quantitative estimate of drug-likeness (QED) is 0.819. The molecule has 2 heterocycles. The van der Waals surface area contributed by atoms with Gasteiger partial charge in [-0.05, 0) is 71.4 Å². The molecule has 2 saturated heterocycles. The molecule has 1 N–H and O–H groups in total. The molecule has 0 bridgehead atoms. The molecule has 0 radical (unpaired) electrons. The minimum atomic E-state index is 0.298. The molecule has 21 heavy (non-hydrogen) atoms. The Hall–Kier alpha value is -0.610. The Morgan fingerprint density at radius 1 is 1.29 bits per heavy atom. The van der Waals surface area contributed by atoms with Crippen LogP contribution in [0.25, 0.3) is 0 Å². The first-order chi connectivity index (χ1) is 10.2. The highest BCUT2D eigenvalue weighted by atomic mass is 16.5.